The number of rotatable bonds is 13. The van der Waals surface area contributed by atoms with Crippen molar-refractivity contribution >= 4 is 11.8 Å². The predicted octanol–water partition coefficient (Wildman–Crippen LogP) is 6.82. The van der Waals surface area contributed by atoms with Gasteiger partial charge in [0.25, 0.3) is 0 Å². The standard InChI is InChI=1S/C31H43NO3/c1-24(2)19-29(30(33)21-28(31(34)35-3)20-25-13-7-4-8-14-25)32(22-26-15-9-5-10-16-26)23-27-17-11-6-12-18-27/h5-6,9-12,15-18,24-25,28-29H,4,7-8,13-14,19-23H2,1-3H3/t28-,29-/m0/s1. The van der Waals surface area contributed by atoms with Gasteiger partial charge in [0.2, 0.25) is 0 Å². The zero-order chi connectivity index (χ0) is 25.0. The fourth-order valence-electron chi connectivity index (χ4n) is 5.48. The van der Waals surface area contributed by atoms with Crippen LogP contribution in [0.15, 0.2) is 60.7 Å². The van der Waals surface area contributed by atoms with E-state index in [9.17, 15) is 9.59 Å². The SMILES string of the molecule is COC(=O)[C@H](CC(=O)[C@H](CC(C)C)N(Cc1ccccc1)Cc1ccccc1)CC1CCCCC1. The van der Waals surface area contributed by atoms with Gasteiger partial charge in [0.15, 0.2) is 5.78 Å². The molecule has 0 bridgehead atoms. The van der Waals surface area contributed by atoms with Crippen LogP contribution in [-0.4, -0.2) is 29.8 Å². The Labute approximate surface area is 212 Å². The molecule has 0 radical (unpaired) electrons. The molecule has 4 heteroatoms. The van der Waals surface area contributed by atoms with E-state index >= 15 is 0 Å². The third kappa shape index (κ3) is 8.92. The molecule has 0 aliphatic heterocycles. The monoisotopic (exact) mass is 477 g/mol. The van der Waals surface area contributed by atoms with Crippen LogP contribution < -0.4 is 0 Å². The Morgan fingerprint density at radius 1 is 0.886 bits per heavy atom. The Balaban J connectivity index is 1.83. The van der Waals surface area contributed by atoms with Crippen molar-refractivity contribution in [3.05, 3.63) is 71.8 Å². The Morgan fingerprint density at radius 3 is 1.91 bits per heavy atom. The van der Waals surface area contributed by atoms with Gasteiger partial charge in [0.05, 0.1) is 19.1 Å². The molecular formula is C31H43NO3. The molecule has 0 saturated heterocycles. The van der Waals surface area contributed by atoms with Gasteiger partial charge in [-0.15, -0.1) is 0 Å². The van der Waals surface area contributed by atoms with E-state index in [-0.39, 0.29) is 30.1 Å². The molecule has 0 spiro atoms. The van der Waals surface area contributed by atoms with Crippen LogP contribution in [0.5, 0.6) is 0 Å². The molecule has 0 N–H and O–H groups in total. The predicted molar refractivity (Wildman–Crippen MR) is 142 cm³/mol. The lowest BCUT2D eigenvalue weighted by atomic mass is 9.80. The summed E-state index contributed by atoms with van der Waals surface area (Å²) in [5.74, 6) is 0.476. The van der Waals surface area contributed by atoms with Crippen LogP contribution in [0.4, 0.5) is 0 Å². The van der Waals surface area contributed by atoms with E-state index in [2.05, 4.69) is 43.0 Å². The third-order valence-electron chi connectivity index (χ3n) is 7.29. The molecule has 0 heterocycles. The molecule has 0 amide bonds. The van der Waals surface area contributed by atoms with Crippen LogP contribution in [0.3, 0.4) is 0 Å². The minimum atomic E-state index is -0.347. The van der Waals surface area contributed by atoms with Crippen molar-refractivity contribution in [3.8, 4) is 0 Å². The number of methoxy groups -OCH3 is 1. The van der Waals surface area contributed by atoms with E-state index in [1.165, 1.54) is 37.5 Å². The van der Waals surface area contributed by atoms with Crippen LogP contribution in [0.25, 0.3) is 0 Å². The van der Waals surface area contributed by atoms with Crippen molar-refractivity contribution in [1.82, 2.24) is 4.90 Å². The Kier molecular flexibility index (Phi) is 11.0. The smallest absolute Gasteiger partial charge is 0.309 e. The van der Waals surface area contributed by atoms with E-state index in [1.807, 2.05) is 36.4 Å². The van der Waals surface area contributed by atoms with Crippen molar-refractivity contribution < 1.29 is 14.3 Å². The molecule has 0 unspecified atom stereocenters. The number of ether oxygens (including phenoxy) is 1. The molecular weight excluding hydrogens is 434 g/mol. The number of hydrogen-bond acceptors (Lipinski definition) is 4. The minimum absolute atomic E-state index is 0.164. The first-order chi connectivity index (χ1) is 17.0. The molecule has 3 rings (SSSR count). The highest BCUT2D eigenvalue weighted by Gasteiger charge is 2.33. The first-order valence-electron chi connectivity index (χ1n) is 13.4. The van der Waals surface area contributed by atoms with E-state index in [0.717, 1.165) is 25.7 Å². The molecule has 4 nitrogen and oxygen atoms in total. The van der Waals surface area contributed by atoms with Crippen molar-refractivity contribution in [1.29, 1.82) is 0 Å². The average molecular weight is 478 g/mol. The molecule has 35 heavy (non-hydrogen) atoms. The largest absolute Gasteiger partial charge is 0.469 e. The van der Waals surface area contributed by atoms with Gasteiger partial charge in [0.1, 0.15) is 0 Å². The quantitative estimate of drug-likeness (QED) is 0.297. The molecule has 190 valence electrons. The maximum atomic E-state index is 13.9. The number of nitrogens with zero attached hydrogens (tertiary/aromatic N) is 1. The normalized spacial score (nSPS) is 16.3. The van der Waals surface area contributed by atoms with Gasteiger partial charge in [-0.1, -0.05) is 107 Å². The van der Waals surface area contributed by atoms with Crippen LogP contribution >= 0.6 is 0 Å². The Bertz CT molecular complexity index is 848. The van der Waals surface area contributed by atoms with Gasteiger partial charge in [-0.05, 0) is 35.8 Å². The highest BCUT2D eigenvalue weighted by molar-refractivity contribution is 5.88. The first kappa shape index (κ1) is 27.1. The highest BCUT2D eigenvalue weighted by atomic mass is 16.5. The summed E-state index contributed by atoms with van der Waals surface area (Å²) in [4.78, 5) is 29.0. The third-order valence-corrected chi connectivity index (χ3v) is 7.29. The fraction of sp³-hybridized carbons (Fsp3) is 0.548. The lowest BCUT2D eigenvalue weighted by Gasteiger charge is -2.33. The number of esters is 1. The van der Waals surface area contributed by atoms with E-state index in [4.69, 9.17) is 4.74 Å². The number of carbonyl (C=O) groups excluding carboxylic acids is 2. The van der Waals surface area contributed by atoms with E-state index in [0.29, 0.717) is 24.9 Å². The Morgan fingerprint density at radius 2 is 1.43 bits per heavy atom. The summed E-state index contributed by atoms with van der Waals surface area (Å²) >= 11 is 0. The fourth-order valence-corrected chi connectivity index (χ4v) is 5.48. The second kappa shape index (κ2) is 14.2. The first-order valence-corrected chi connectivity index (χ1v) is 13.4. The summed E-state index contributed by atoms with van der Waals surface area (Å²) in [6, 6.07) is 20.5. The van der Waals surface area contributed by atoms with Gasteiger partial charge in [-0.2, -0.15) is 0 Å². The van der Waals surface area contributed by atoms with Crippen LogP contribution in [0.1, 0.15) is 76.3 Å². The topological polar surface area (TPSA) is 46.6 Å². The number of carbonyl (C=O) groups is 2. The molecule has 1 saturated carbocycles. The summed E-state index contributed by atoms with van der Waals surface area (Å²) in [7, 11) is 1.45. The second-order valence-electron chi connectivity index (χ2n) is 10.7. The number of benzene rings is 2. The zero-order valence-electron chi connectivity index (χ0n) is 21.8. The summed E-state index contributed by atoms with van der Waals surface area (Å²) in [6.07, 6.45) is 7.86. The molecule has 2 aromatic rings. The van der Waals surface area contributed by atoms with Crippen molar-refractivity contribution in [3.63, 3.8) is 0 Å². The molecule has 1 aliphatic carbocycles. The number of Topliss-reactive ketones (excluding diaryl/α,β-unsaturated/α-hetero) is 1. The van der Waals surface area contributed by atoms with Crippen molar-refractivity contribution in [2.24, 2.45) is 17.8 Å². The minimum Gasteiger partial charge on any atom is -0.469 e. The molecule has 1 fully saturated rings. The van der Waals surface area contributed by atoms with E-state index in [1.54, 1.807) is 0 Å². The van der Waals surface area contributed by atoms with Crippen LogP contribution in [0, 0.1) is 17.8 Å². The van der Waals surface area contributed by atoms with Crippen LogP contribution in [0.2, 0.25) is 0 Å². The lowest BCUT2D eigenvalue weighted by Crippen LogP contribution is -2.42. The number of ketones is 1. The number of hydrogen-bond donors (Lipinski definition) is 0. The Hall–Kier alpha value is -2.46. The molecule has 1 aliphatic rings. The van der Waals surface area contributed by atoms with Crippen LogP contribution in [-0.2, 0) is 27.4 Å². The summed E-state index contributed by atoms with van der Waals surface area (Å²) in [5, 5.41) is 0. The van der Waals surface area contributed by atoms with E-state index < -0.39 is 0 Å². The second-order valence-corrected chi connectivity index (χ2v) is 10.7. The lowest BCUT2D eigenvalue weighted by molar-refractivity contribution is -0.148. The van der Waals surface area contributed by atoms with Gasteiger partial charge >= 0.3 is 5.97 Å². The van der Waals surface area contributed by atoms with Gasteiger partial charge < -0.3 is 4.74 Å². The maximum absolute atomic E-state index is 13.9. The summed E-state index contributed by atoms with van der Waals surface area (Å²) < 4.78 is 5.16. The zero-order valence-corrected chi connectivity index (χ0v) is 21.8. The molecule has 0 aromatic heterocycles. The maximum Gasteiger partial charge on any atom is 0.309 e. The average Bonchev–Trinajstić information content (AvgIpc) is 2.87. The van der Waals surface area contributed by atoms with Crippen molar-refractivity contribution in [2.75, 3.05) is 7.11 Å². The molecule has 2 atom stereocenters. The van der Waals surface area contributed by atoms with Crippen molar-refractivity contribution in [2.45, 2.75) is 84.3 Å². The summed E-state index contributed by atoms with van der Waals surface area (Å²) in [5.41, 5.74) is 2.38. The molecule has 2 aromatic carbocycles. The van der Waals surface area contributed by atoms with Gasteiger partial charge in [0, 0.05) is 19.5 Å². The van der Waals surface area contributed by atoms with Gasteiger partial charge in [-0.25, -0.2) is 0 Å². The highest BCUT2D eigenvalue weighted by Crippen LogP contribution is 2.32. The van der Waals surface area contributed by atoms with Gasteiger partial charge in [-0.3, -0.25) is 14.5 Å². The summed E-state index contributed by atoms with van der Waals surface area (Å²) in [6.45, 7) is 5.74.